The van der Waals surface area contributed by atoms with Gasteiger partial charge in [0.15, 0.2) is 11.5 Å². The van der Waals surface area contributed by atoms with Gasteiger partial charge in [-0.25, -0.2) is 4.79 Å². The standard InChI is InChI=1S/C15H22N2O3.C7H6O2/c1-2-11-13(14-12(20-11)8-9-19-14)17-15(18)16-10-6-4-3-5-7-10;1-2-4-7-6(3-1)8-5-9-7/h1,10-14H,3-9H2,(H2,16,17,18);1-4H,5H2/t11?,12-,13+,14+;/m1./s1. The molecule has 5 rings (SSSR count). The first-order chi connectivity index (χ1) is 14.2. The SMILES string of the molecule is C#CC1O[C@@H]2CCO[C@@H]2[C@H]1NC(=O)NC1CCCCC1.c1ccc2c(c1)OCO2. The summed E-state index contributed by atoms with van der Waals surface area (Å²) in [6, 6.07) is 7.53. The molecule has 3 fully saturated rings. The molecule has 2 N–H and O–H groups in total. The minimum atomic E-state index is -0.387. The molecule has 1 saturated carbocycles. The molecule has 0 aromatic heterocycles. The summed E-state index contributed by atoms with van der Waals surface area (Å²) < 4.78 is 21.5. The highest BCUT2D eigenvalue weighted by atomic mass is 16.7. The number of fused-ring (bicyclic) bond motifs is 2. The lowest BCUT2D eigenvalue weighted by molar-refractivity contribution is 0.0589. The summed E-state index contributed by atoms with van der Waals surface area (Å²) in [5.74, 6) is 4.30. The molecule has 7 heteroatoms. The van der Waals surface area contributed by atoms with E-state index in [1.807, 2.05) is 24.3 Å². The number of nitrogens with one attached hydrogen (secondary N) is 2. The number of carbonyl (C=O) groups excluding carboxylic acids is 1. The number of urea groups is 1. The zero-order valence-corrected chi connectivity index (χ0v) is 16.5. The fourth-order valence-electron chi connectivity index (χ4n) is 4.29. The van der Waals surface area contributed by atoms with Crippen LogP contribution in [-0.4, -0.2) is 49.8 Å². The molecule has 0 bridgehead atoms. The van der Waals surface area contributed by atoms with Crippen molar-refractivity contribution in [2.75, 3.05) is 13.4 Å². The van der Waals surface area contributed by atoms with Gasteiger partial charge in [-0.2, -0.15) is 0 Å². The smallest absolute Gasteiger partial charge is 0.315 e. The zero-order valence-electron chi connectivity index (χ0n) is 16.5. The van der Waals surface area contributed by atoms with Gasteiger partial charge < -0.3 is 29.6 Å². The van der Waals surface area contributed by atoms with E-state index >= 15 is 0 Å². The summed E-state index contributed by atoms with van der Waals surface area (Å²) in [7, 11) is 0. The van der Waals surface area contributed by atoms with Gasteiger partial charge in [0.1, 0.15) is 12.2 Å². The molecule has 2 amide bonds. The van der Waals surface area contributed by atoms with Crippen LogP contribution in [0, 0.1) is 12.3 Å². The van der Waals surface area contributed by atoms with Gasteiger partial charge >= 0.3 is 6.03 Å². The van der Waals surface area contributed by atoms with Crippen LogP contribution in [-0.2, 0) is 9.47 Å². The van der Waals surface area contributed by atoms with E-state index in [2.05, 4.69) is 16.6 Å². The number of para-hydroxylation sites is 2. The van der Waals surface area contributed by atoms with Crippen LogP contribution in [0.5, 0.6) is 11.5 Å². The number of ether oxygens (including phenoxy) is 4. The van der Waals surface area contributed by atoms with Crippen molar-refractivity contribution in [3.05, 3.63) is 24.3 Å². The Morgan fingerprint density at radius 3 is 2.45 bits per heavy atom. The maximum Gasteiger partial charge on any atom is 0.315 e. The number of amides is 2. The van der Waals surface area contributed by atoms with Crippen molar-refractivity contribution >= 4 is 6.03 Å². The molecule has 2 saturated heterocycles. The van der Waals surface area contributed by atoms with Crippen LogP contribution < -0.4 is 20.1 Å². The first-order valence-corrected chi connectivity index (χ1v) is 10.4. The van der Waals surface area contributed by atoms with Crippen LogP contribution in [0.2, 0.25) is 0 Å². The Kier molecular flexibility index (Phi) is 6.43. The number of hydrogen-bond acceptors (Lipinski definition) is 5. The van der Waals surface area contributed by atoms with E-state index in [1.54, 1.807) is 0 Å². The highest BCUT2D eigenvalue weighted by Gasteiger charge is 2.48. The fourth-order valence-corrected chi connectivity index (χ4v) is 4.29. The lowest BCUT2D eigenvalue weighted by Crippen LogP contribution is -2.52. The molecule has 3 aliphatic heterocycles. The summed E-state index contributed by atoms with van der Waals surface area (Å²) in [6.07, 6.45) is 11.7. The topological polar surface area (TPSA) is 78.1 Å². The number of benzene rings is 1. The molecule has 1 unspecified atom stereocenters. The summed E-state index contributed by atoms with van der Waals surface area (Å²) in [5, 5.41) is 6.00. The molecule has 1 aromatic rings. The molecule has 1 aromatic carbocycles. The number of rotatable bonds is 2. The molecule has 4 atom stereocenters. The van der Waals surface area contributed by atoms with Gasteiger partial charge in [0, 0.05) is 12.6 Å². The Morgan fingerprint density at radius 2 is 1.76 bits per heavy atom. The summed E-state index contributed by atoms with van der Waals surface area (Å²) >= 11 is 0. The van der Waals surface area contributed by atoms with Crippen LogP contribution in [0.4, 0.5) is 4.79 Å². The molecule has 156 valence electrons. The molecule has 1 aliphatic carbocycles. The van der Waals surface area contributed by atoms with E-state index in [-0.39, 0.29) is 36.4 Å². The van der Waals surface area contributed by atoms with Crippen LogP contribution >= 0.6 is 0 Å². The van der Waals surface area contributed by atoms with E-state index < -0.39 is 0 Å². The Labute approximate surface area is 171 Å². The zero-order chi connectivity index (χ0) is 20.1. The van der Waals surface area contributed by atoms with Gasteiger partial charge in [-0.15, -0.1) is 6.42 Å². The van der Waals surface area contributed by atoms with Gasteiger partial charge in [-0.05, 0) is 31.4 Å². The Hall–Kier alpha value is -2.43. The normalized spacial score (nSPS) is 29.9. The largest absolute Gasteiger partial charge is 0.454 e. The Balaban J connectivity index is 0.000000188. The molecule has 4 aliphatic rings. The molecule has 3 heterocycles. The Bertz CT molecular complexity index is 720. The first-order valence-electron chi connectivity index (χ1n) is 10.4. The van der Waals surface area contributed by atoms with Crippen LogP contribution in [0.3, 0.4) is 0 Å². The quantitative estimate of drug-likeness (QED) is 0.746. The molecule has 0 spiro atoms. The van der Waals surface area contributed by atoms with Crippen molar-refractivity contribution in [2.45, 2.75) is 68.9 Å². The fraction of sp³-hybridized carbons (Fsp3) is 0.591. The van der Waals surface area contributed by atoms with Gasteiger partial charge in [0.2, 0.25) is 6.79 Å². The third kappa shape index (κ3) is 4.77. The van der Waals surface area contributed by atoms with Gasteiger partial charge in [-0.1, -0.05) is 37.3 Å². The first kappa shape index (κ1) is 19.9. The van der Waals surface area contributed by atoms with Crippen LogP contribution in [0.1, 0.15) is 38.5 Å². The second-order valence-electron chi connectivity index (χ2n) is 7.72. The minimum Gasteiger partial charge on any atom is -0.454 e. The number of terminal acetylenes is 1. The van der Waals surface area contributed by atoms with E-state index in [0.717, 1.165) is 30.8 Å². The second kappa shape index (κ2) is 9.38. The van der Waals surface area contributed by atoms with E-state index in [0.29, 0.717) is 13.4 Å². The number of carbonyl (C=O) groups is 1. The van der Waals surface area contributed by atoms with E-state index in [1.165, 1.54) is 19.3 Å². The molecule has 7 nitrogen and oxygen atoms in total. The van der Waals surface area contributed by atoms with Crippen molar-refractivity contribution < 1.29 is 23.7 Å². The summed E-state index contributed by atoms with van der Waals surface area (Å²) in [6.45, 7) is 1.04. The van der Waals surface area contributed by atoms with Crippen molar-refractivity contribution in [3.8, 4) is 23.8 Å². The predicted molar refractivity (Wildman–Crippen MR) is 107 cm³/mol. The monoisotopic (exact) mass is 400 g/mol. The average molecular weight is 400 g/mol. The van der Waals surface area contributed by atoms with Crippen LogP contribution in [0.25, 0.3) is 0 Å². The lowest BCUT2D eigenvalue weighted by Gasteiger charge is -2.25. The predicted octanol–water partition coefficient (Wildman–Crippen LogP) is 2.59. The van der Waals surface area contributed by atoms with E-state index in [4.69, 9.17) is 25.4 Å². The van der Waals surface area contributed by atoms with E-state index in [9.17, 15) is 4.79 Å². The summed E-state index contributed by atoms with van der Waals surface area (Å²) in [5.41, 5.74) is 0. The minimum absolute atomic E-state index is 0.0241. The van der Waals surface area contributed by atoms with Gasteiger partial charge in [0.25, 0.3) is 0 Å². The van der Waals surface area contributed by atoms with Crippen molar-refractivity contribution in [1.82, 2.24) is 10.6 Å². The van der Waals surface area contributed by atoms with Crippen molar-refractivity contribution in [2.24, 2.45) is 0 Å². The average Bonchev–Trinajstić information content (AvgIpc) is 3.46. The van der Waals surface area contributed by atoms with Crippen LogP contribution in [0.15, 0.2) is 24.3 Å². The number of hydrogen-bond donors (Lipinski definition) is 2. The molecule has 0 radical (unpaired) electrons. The molecular formula is C22H28N2O5. The third-order valence-electron chi connectivity index (χ3n) is 5.76. The second-order valence-corrected chi connectivity index (χ2v) is 7.72. The van der Waals surface area contributed by atoms with Gasteiger partial charge in [-0.3, -0.25) is 0 Å². The molecule has 29 heavy (non-hydrogen) atoms. The van der Waals surface area contributed by atoms with Gasteiger partial charge in [0.05, 0.1) is 12.1 Å². The highest BCUT2D eigenvalue weighted by molar-refractivity contribution is 5.75. The lowest BCUT2D eigenvalue weighted by atomic mass is 9.96. The summed E-state index contributed by atoms with van der Waals surface area (Å²) in [4.78, 5) is 12.1. The third-order valence-corrected chi connectivity index (χ3v) is 5.76. The maximum atomic E-state index is 12.1. The highest BCUT2D eigenvalue weighted by Crippen LogP contribution is 2.31. The molecular weight excluding hydrogens is 372 g/mol. The maximum absolute atomic E-state index is 12.1. The Morgan fingerprint density at radius 1 is 1.03 bits per heavy atom. The van der Waals surface area contributed by atoms with Crippen molar-refractivity contribution in [1.29, 1.82) is 0 Å². The van der Waals surface area contributed by atoms with Crippen molar-refractivity contribution in [3.63, 3.8) is 0 Å².